The summed E-state index contributed by atoms with van der Waals surface area (Å²) in [5, 5.41) is 6.06. The fourth-order valence-corrected chi connectivity index (χ4v) is 3.98. The van der Waals surface area contributed by atoms with Crippen LogP contribution in [0.4, 0.5) is 24.5 Å². The van der Waals surface area contributed by atoms with Gasteiger partial charge in [-0.3, -0.25) is 14.9 Å². The number of ether oxygens (including phenoxy) is 1. The van der Waals surface area contributed by atoms with E-state index in [4.69, 9.17) is 40.2 Å². The van der Waals surface area contributed by atoms with Crippen LogP contribution >= 0.6 is 35.4 Å². The smallest absolute Gasteiger partial charge is 0.471 e. The number of amides is 2. The zero-order chi connectivity index (χ0) is 25.0. The number of carbonyl (C=O) groups excluding carboxylic acids is 2. The average Bonchev–Trinajstić information content (AvgIpc) is 2.78. The SMILES string of the molecule is COc1ccc(C(=O)NC(=S)Nc2cc(Cl)ccc2N2CCN(C(=O)C(F)(F)F)CC2)cc1Cl. The normalized spacial score (nSPS) is 13.9. The second-order valence-corrected chi connectivity index (χ2v) is 8.45. The summed E-state index contributed by atoms with van der Waals surface area (Å²) in [6.07, 6.45) is -4.91. The summed E-state index contributed by atoms with van der Waals surface area (Å²) < 4.78 is 43.2. The van der Waals surface area contributed by atoms with Gasteiger partial charge in [0, 0.05) is 36.8 Å². The molecule has 2 aromatic rings. The third kappa shape index (κ3) is 6.22. The minimum Gasteiger partial charge on any atom is -0.495 e. The Morgan fingerprint density at radius 1 is 1.06 bits per heavy atom. The lowest BCUT2D eigenvalue weighted by Gasteiger charge is -2.37. The average molecular weight is 535 g/mol. The summed E-state index contributed by atoms with van der Waals surface area (Å²) in [5.41, 5.74) is 1.31. The minimum absolute atomic E-state index is 0.0219. The Hall–Kier alpha value is -2.76. The summed E-state index contributed by atoms with van der Waals surface area (Å²) in [7, 11) is 1.45. The third-order valence-electron chi connectivity index (χ3n) is 5.00. The van der Waals surface area contributed by atoms with E-state index in [1.807, 2.05) is 0 Å². The van der Waals surface area contributed by atoms with Crippen LogP contribution < -0.4 is 20.3 Å². The molecule has 0 unspecified atom stereocenters. The Bertz CT molecular complexity index is 1110. The Morgan fingerprint density at radius 3 is 2.32 bits per heavy atom. The first-order chi connectivity index (χ1) is 16.0. The van der Waals surface area contributed by atoms with Crippen molar-refractivity contribution in [1.29, 1.82) is 0 Å². The molecule has 0 aromatic heterocycles. The van der Waals surface area contributed by atoms with E-state index in [1.54, 1.807) is 29.2 Å². The molecular formula is C21H19Cl2F3N4O3S. The molecule has 2 N–H and O–H groups in total. The largest absolute Gasteiger partial charge is 0.495 e. The zero-order valence-corrected chi connectivity index (χ0v) is 20.0. The number of carbonyl (C=O) groups is 2. The van der Waals surface area contributed by atoms with Crippen LogP contribution in [0.3, 0.4) is 0 Å². The van der Waals surface area contributed by atoms with Crippen molar-refractivity contribution in [1.82, 2.24) is 10.2 Å². The van der Waals surface area contributed by atoms with E-state index < -0.39 is 18.0 Å². The van der Waals surface area contributed by atoms with E-state index in [0.29, 0.717) is 22.1 Å². The van der Waals surface area contributed by atoms with E-state index >= 15 is 0 Å². The minimum atomic E-state index is -4.91. The van der Waals surface area contributed by atoms with Gasteiger partial charge in [0.25, 0.3) is 5.91 Å². The Kier molecular flexibility index (Phi) is 8.11. The number of nitrogens with one attached hydrogen (secondary N) is 2. The van der Waals surface area contributed by atoms with Crippen molar-refractivity contribution in [2.24, 2.45) is 0 Å². The first-order valence-electron chi connectivity index (χ1n) is 9.86. The number of anilines is 2. The van der Waals surface area contributed by atoms with Crippen LogP contribution in [0.5, 0.6) is 5.75 Å². The molecule has 1 heterocycles. The molecule has 1 aliphatic rings. The third-order valence-corrected chi connectivity index (χ3v) is 5.73. The highest BCUT2D eigenvalue weighted by Crippen LogP contribution is 2.31. The van der Waals surface area contributed by atoms with Gasteiger partial charge in [-0.05, 0) is 48.6 Å². The summed E-state index contributed by atoms with van der Waals surface area (Å²) in [4.78, 5) is 26.6. The van der Waals surface area contributed by atoms with Crippen LogP contribution in [0.2, 0.25) is 10.0 Å². The van der Waals surface area contributed by atoms with Crippen molar-refractivity contribution in [3.05, 3.63) is 52.0 Å². The van der Waals surface area contributed by atoms with Crippen molar-refractivity contribution in [3.63, 3.8) is 0 Å². The van der Waals surface area contributed by atoms with Crippen LogP contribution in [0.1, 0.15) is 10.4 Å². The maximum atomic E-state index is 12.7. The number of benzene rings is 2. The van der Waals surface area contributed by atoms with Crippen LogP contribution in [0, 0.1) is 0 Å². The van der Waals surface area contributed by atoms with E-state index in [-0.39, 0.29) is 41.9 Å². The van der Waals surface area contributed by atoms with Crippen LogP contribution in [-0.4, -0.2) is 61.3 Å². The highest BCUT2D eigenvalue weighted by atomic mass is 35.5. The number of halogens is 5. The Balaban J connectivity index is 1.68. The van der Waals surface area contributed by atoms with Crippen molar-refractivity contribution < 1.29 is 27.5 Å². The number of hydrogen-bond acceptors (Lipinski definition) is 5. The molecule has 0 atom stereocenters. The maximum Gasteiger partial charge on any atom is 0.471 e. The first-order valence-corrected chi connectivity index (χ1v) is 11.0. The molecule has 182 valence electrons. The molecule has 13 heteroatoms. The molecule has 0 radical (unpaired) electrons. The number of nitrogens with zero attached hydrogens (tertiary/aromatic N) is 2. The number of alkyl halides is 3. The quantitative estimate of drug-likeness (QED) is 0.568. The molecule has 1 aliphatic heterocycles. The van der Waals surface area contributed by atoms with Gasteiger partial charge in [0.1, 0.15) is 5.75 Å². The molecule has 0 spiro atoms. The molecule has 1 saturated heterocycles. The van der Waals surface area contributed by atoms with Gasteiger partial charge < -0.3 is 19.9 Å². The second-order valence-electron chi connectivity index (χ2n) is 7.20. The van der Waals surface area contributed by atoms with Crippen molar-refractivity contribution in [2.75, 3.05) is 43.5 Å². The molecule has 0 aliphatic carbocycles. The molecule has 2 aromatic carbocycles. The molecule has 34 heavy (non-hydrogen) atoms. The number of hydrogen-bond donors (Lipinski definition) is 2. The molecule has 3 rings (SSSR count). The topological polar surface area (TPSA) is 73.9 Å². The van der Waals surface area contributed by atoms with Crippen LogP contribution in [0.25, 0.3) is 0 Å². The van der Waals surface area contributed by atoms with Gasteiger partial charge in [0.2, 0.25) is 0 Å². The lowest BCUT2D eigenvalue weighted by molar-refractivity contribution is -0.185. The predicted octanol–water partition coefficient (Wildman–Crippen LogP) is 4.34. The van der Waals surface area contributed by atoms with Gasteiger partial charge in [-0.1, -0.05) is 23.2 Å². The summed E-state index contributed by atoms with van der Waals surface area (Å²) in [6.45, 7) is 0.142. The Labute approximate surface area is 208 Å². The van der Waals surface area contributed by atoms with Crippen molar-refractivity contribution in [3.8, 4) is 5.75 Å². The maximum absolute atomic E-state index is 12.7. The van der Waals surface area contributed by atoms with E-state index in [2.05, 4.69) is 10.6 Å². The number of piperazine rings is 1. The van der Waals surface area contributed by atoms with Gasteiger partial charge in [0.15, 0.2) is 5.11 Å². The molecule has 0 bridgehead atoms. The molecule has 1 fully saturated rings. The number of methoxy groups -OCH3 is 1. The fourth-order valence-electron chi connectivity index (χ4n) is 3.35. The second kappa shape index (κ2) is 10.7. The van der Waals surface area contributed by atoms with Gasteiger partial charge in [-0.25, -0.2) is 0 Å². The lowest BCUT2D eigenvalue weighted by atomic mass is 10.2. The molecule has 2 amide bonds. The van der Waals surface area contributed by atoms with Gasteiger partial charge in [0.05, 0.1) is 23.5 Å². The van der Waals surface area contributed by atoms with Crippen molar-refractivity contribution >= 4 is 63.7 Å². The molecular weight excluding hydrogens is 516 g/mol. The van der Waals surface area contributed by atoms with Crippen LogP contribution in [0.15, 0.2) is 36.4 Å². The van der Waals surface area contributed by atoms with Gasteiger partial charge >= 0.3 is 12.1 Å². The lowest BCUT2D eigenvalue weighted by Crippen LogP contribution is -2.52. The summed E-state index contributed by atoms with van der Waals surface area (Å²) in [6, 6.07) is 9.38. The van der Waals surface area contributed by atoms with Crippen LogP contribution in [-0.2, 0) is 4.79 Å². The van der Waals surface area contributed by atoms with Gasteiger partial charge in [-0.15, -0.1) is 0 Å². The zero-order valence-electron chi connectivity index (χ0n) is 17.7. The number of rotatable bonds is 4. The predicted molar refractivity (Wildman–Crippen MR) is 128 cm³/mol. The molecule has 7 nitrogen and oxygen atoms in total. The highest BCUT2D eigenvalue weighted by molar-refractivity contribution is 7.80. The fraction of sp³-hybridized carbons (Fsp3) is 0.286. The summed E-state index contributed by atoms with van der Waals surface area (Å²) in [5.74, 6) is -1.95. The standard InChI is InChI=1S/C21H19Cl2F3N4O3S/c1-33-17-5-2-12(10-14(17)23)18(31)28-20(34)27-15-11-13(22)3-4-16(15)29-6-8-30(9-7-29)19(32)21(24,25)26/h2-5,10-11H,6-9H2,1H3,(H2,27,28,31,34). The Morgan fingerprint density at radius 2 is 1.74 bits per heavy atom. The number of thiocarbonyl (C=S) groups is 1. The van der Waals surface area contributed by atoms with E-state index in [9.17, 15) is 22.8 Å². The summed E-state index contributed by atoms with van der Waals surface area (Å²) >= 11 is 17.4. The van der Waals surface area contributed by atoms with Gasteiger partial charge in [-0.2, -0.15) is 13.2 Å². The van der Waals surface area contributed by atoms with Crippen molar-refractivity contribution in [2.45, 2.75) is 6.18 Å². The molecule has 0 saturated carbocycles. The monoisotopic (exact) mass is 534 g/mol. The first kappa shape index (κ1) is 25.9. The van der Waals surface area contributed by atoms with E-state index in [0.717, 1.165) is 4.90 Å². The highest BCUT2D eigenvalue weighted by Gasteiger charge is 2.43. The van der Waals surface area contributed by atoms with E-state index in [1.165, 1.54) is 19.2 Å².